The normalized spacial score (nSPS) is 24.2. The van der Waals surface area contributed by atoms with E-state index in [-0.39, 0.29) is 17.9 Å². The third-order valence-corrected chi connectivity index (χ3v) is 7.82. The summed E-state index contributed by atoms with van der Waals surface area (Å²) in [6, 6.07) is 4.16. The molecule has 0 radical (unpaired) electrons. The highest BCUT2D eigenvalue weighted by atomic mass is 35.5. The Labute approximate surface area is 198 Å². The fourth-order valence-corrected chi connectivity index (χ4v) is 5.61. The molecule has 3 aliphatic rings. The van der Waals surface area contributed by atoms with Gasteiger partial charge in [-0.3, -0.25) is 4.79 Å². The molecule has 1 amide bonds. The molecule has 2 fully saturated rings. The number of carbonyl (C=O) groups excluding carboxylic acids is 1. The van der Waals surface area contributed by atoms with Crippen molar-refractivity contribution in [3.8, 4) is 0 Å². The van der Waals surface area contributed by atoms with Crippen molar-refractivity contribution in [2.24, 2.45) is 5.92 Å². The van der Waals surface area contributed by atoms with Gasteiger partial charge in [0.25, 0.3) is 0 Å². The number of aromatic nitrogens is 2. The summed E-state index contributed by atoms with van der Waals surface area (Å²) >= 11 is 12.7. The lowest BCUT2D eigenvalue weighted by Gasteiger charge is -2.29. The summed E-state index contributed by atoms with van der Waals surface area (Å²) in [5.74, 6) is 0.850. The number of amides is 1. The van der Waals surface area contributed by atoms with Crippen LogP contribution >= 0.6 is 23.2 Å². The molecule has 8 heteroatoms. The maximum absolute atomic E-state index is 12.8. The molecule has 170 valence electrons. The molecule has 2 saturated carbocycles. The van der Waals surface area contributed by atoms with E-state index in [1.807, 2.05) is 17.0 Å². The van der Waals surface area contributed by atoms with E-state index >= 15 is 0 Å². The molecule has 0 saturated heterocycles. The van der Waals surface area contributed by atoms with Gasteiger partial charge in [-0.05, 0) is 56.2 Å². The summed E-state index contributed by atoms with van der Waals surface area (Å²) < 4.78 is 0. The van der Waals surface area contributed by atoms with Crippen LogP contribution in [0.15, 0.2) is 18.2 Å². The van der Waals surface area contributed by atoms with Crippen LogP contribution in [0.3, 0.4) is 0 Å². The summed E-state index contributed by atoms with van der Waals surface area (Å²) in [6.45, 7) is 1.19. The van der Waals surface area contributed by atoms with Crippen LogP contribution in [0.5, 0.6) is 0 Å². The van der Waals surface area contributed by atoms with Crippen molar-refractivity contribution in [1.29, 1.82) is 0 Å². The van der Waals surface area contributed by atoms with Crippen molar-refractivity contribution in [2.75, 3.05) is 18.4 Å². The number of nitrogens with zero attached hydrogens (tertiary/aromatic N) is 3. The zero-order valence-electron chi connectivity index (χ0n) is 18.0. The highest BCUT2D eigenvalue weighted by Gasteiger charge is 2.32. The molecular formula is C24H28Cl2N4O2. The summed E-state index contributed by atoms with van der Waals surface area (Å²) in [7, 11) is 0. The molecule has 0 bridgehead atoms. The Kier molecular flexibility index (Phi) is 6.28. The average Bonchev–Trinajstić information content (AvgIpc) is 3.46. The summed E-state index contributed by atoms with van der Waals surface area (Å²) in [4.78, 5) is 14.7. The molecule has 0 spiro atoms. The minimum atomic E-state index is -0.339. The molecule has 2 heterocycles. The first-order chi connectivity index (χ1) is 15.5. The minimum absolute atomic E-state index is 0.0533. The second kappa shape index (κ2) is 9.16. The predicted octanol–water partition coefficient (Wildman–Crippen LogP) is 5.07. The first-order valence-electron chi connectivity index (χ1n) is 11.6. The van der Waals surface area contributed by atoms with Crippen molar-refractivity contribution in [2.45, 2.75) is 63.5 Å². The fraction of sp³-hybridized carbons (Fsp3) is 0.542. The van der Waals surface area contributed by atoms with Gasteiger partial charge in [0.15, 0.2) is 5.82 Å². The van der Waals surface area contributed by atoms with Crippen molar-refractivity contribution in [3.63, 3.8) is 0 Å². The number of nitrogens with one attached hydrogen (secondary N) is 1. The van der Waals surface area contributed by atoms with Gasteiger partial charge in [0, 0.05) is 35.8 Å². The number of hydrogen-bond donors (Lipinski definition) is 2. The average molecular weight is 475 g/mol. The number of hydrogen-bond acceptors (Lipinski definition) is 5. The standard InChI is InChI=1S/C24H28Cl2N4O2/c25-20-12-18-19(13-21(20)26)23(27-16-3-1-2-4-16)29-28-22(18)14-7-9-30(10-8-14)24(32)15-5-6-17(31)11-15/h7,12-13,15-17,31H,1-6,8-11H2,(H,27,29). The molecule has 1 aromatic heterocycles. The number of halogens is 2. The van der Waals surface area contributed by atoms with Crippen LogP contribution in [0, 0.1) is 5.92 Å². The monoisotopic (exact) mass is 474 g/mol. The lowest BCUT2D eigenvalue weighted by molar-refractivity contribution is -0.135. The van der Waals surface area contributed by atoms with Crippen molar-refractivity contribution >= 4 is 51.3 Å². The summed E-state index contributed by atoms with van der Waals surface area (Å²) in [5, 5.41) is 25.3. The van der Waals surface area contributed by atoms with Gasteiger partial charge in [0.1, 0.15) is 0 Å². The number of aliphatic hydroxyl groups is 1. The second-order valence-electron chi connectivity index (χ2n) is 9.26. The molecule has 1 aliphatic heterocycles. The Balaban J connectivity index is 1.42. The largest absolute Gasteiger partial charge is 0.393 e. The van der Waals surface area contributed by atoms with E-state index in [2.05, 4.69) is 21.6 Å². The topological polar surface area (TPSA) is 78.3 Å². The highest BCUT2D eigenvalue weighted by Crippen LogP contribution is 2.37. The van der Waals surface area contributed by atoms with Gasteiger partial charge in [-0.2, -0.15) is 0 Å². The van der Waals surface area contributed by atoms with E-state index in [0.717, 1.165) is 53.5 Å². The zero-order chi connectivity index (χ0) is 22.2. The minimum Gasteiger partial charge on any atom is -0.393 e. The Morgan fingerprint density at radius 2 is 1.81 bits per heavy atom. The molecule has 2 N–H and O–H groups in total. The maximum atomic E-state index is 12.8. The smallest absolute Gasteiger partial charge is 0.226 e. The van der Waals surface area contributed by atoms with Gasteiger partial charge in [0.2, 0.25) is 5.91 Å². The van der Waals surface area contributed by atoms with Crippen LogP contribution in [0.2, 0.25) is 10.0 Å². The number of fused-ring (bicyclic) bond motifs is 1. The number of benzene rings is 1. The fourth-order valence-electron chi connectivity index (χ4n) is 5.28. The van der Waals surface area contributed by atoms with Crippen molar-refractivity contribution in [3.05, 3.63) is 33.9 Å². The van der Waals surface area contributed by atoms with Crippen molar-refractivity contribution < 1.29 is 9.90 Å². The van der Waals surface area contributed by atoms with Crippen molar-refractivity contribution in [1.82, 2.24) is 15.1 Å². The number of aliphatic hydroxyl groups excluding tert-OH is 1. The Hall–Kier alpha value is -1.89. The summed E-state index contributed by atoms with van der Waals surface area (Å²) in [5.41, 5.74) is 1.88. The van der Waals surface area contributed by atoms with Gasteiger partial charge in [-0.1, -0.05) is 42.1 Å². The molecular weight excluding hydrogens is 447 g/mol. The van der Waals surface area contributed by atoms with E-state index < -0.39 is 0 Å². The lowest BCUT2D eigenvalue weighted by atomic mass is 9.98. The first kappa shape index (κ1) is 21.9. The number of rotatable bonds is 4. The Morgan fingerprint density at radius 1 is 1.06 bits per heavy atom. The molecule has 2 aromatic rings. The molecule has 2 unspecified atom stereocenters. The van der Waals surface area contributed by atoms with E-state index in [4.69, 9.17) is 23.2 Å². The van der Waals surface area contributed by atoms with E-state index in [1.165, 1.54) is 12.8 Å². The molecule has 5 rings (SSSR count). The van der Waals surface area contributed by atoms with E-state index in [9.17, 15) is 9.90 Å². The van der Waals surface area contributed by atoms with Gasteiger partial charge in [-0.25, -0.2) is 0 Å². The van der Waals surface area contributed by atoms with Gasteiger partial charge in [0.05, 0.1) is 21.8 Å². The predicted molar refractivity (Wildman–Crippen MR) is 128 cm³/mol. The SMILES string of the molecule is O=C(C1CCC(O)C1)N1CC=C(c2nnc(NC3CCCC3)c3cc(Cl)c(Cl)cc23)CC1. The van der Waals surface area contributed by atoms with Crippen LogP contribution in [0.1, 0.15) is 57.1 Å². The maximum Gasteiger partial charge on any atom is 0.226 e. The van der Waals surface area contributed by atoms with E-state index in [1.54, 1.807) is 0 Å². The van der Waals surface area contributed by atoms with Crippen LogP contribution < -0.4 is 5.32 Å². The first-order valence-corrected chi connectivity index (χ1v) is 12.3. The van der Waals surface area contributed by atoms with Crippen LogP contribution in [-0.4, -0.2) is 51.3 Å². The quantitative estimate of drug-likeness (QED) is 0.646. The number of carbonyl (C=O) groups is 1. The Bertz CT molecular complexity index is 1070. The van der Waals surface area contributed by atoms with Crippen LogP contribution in [0.25, 0.3) is 16.3 Å². The zero-order valence-corrected chi connectivity index (χ0v) is 19.5. The molecule has 6 nitrogen and oxygen atoms in total. The third kappa shape index (κ3) is 4.33. The number of anilines is 1. The third-order valence-electron chi connectivity index (χ3n) is 7.10. The Morgan fingerprint density at radius 3 is 2.47 bits per heavy atom. The highest BCUT2D eigenvalue weighted by molar-refractivity contribution is 6.43. The molecule has 2 aliphatic carbocycles. The molecule has 1 aromatic carbocycles. The van der Waals surface area contributed by atoms with Crippen LogP contribution in [0.4, 0.5) is 5.82 Å². The van der Waals surface area contributed by atoms with Gasteiger partial charge < -0.3 is 15.3 Å². The second-order valence-corrected chi connectivity index (χ2v) is 10.1. The van der Waals surface area contributed by atoms with E-state index in [0.29, 0.717) is 42.0 Å². The lowest BCUT2D eigenvalue weighted by Crippen LogP contribution is -2.38. The van der Waals surface area contributed by atoms with Crippen LogP contribution in [-0.2, 0) is 4.79 Å². The van der Waals surface area contributed by atoms with Gasteiger partial charge in [-0.15, -0.1) is 10.2 Å². The molecule has 2 atom stereocenters. The summed E-state index contributed by atoms with van der Waals surface area (Å²) in [6.07, 6.45) is 9.26. The molecule has 32 heavy (non-hydrogen) atoms. The van der Waals surface area contributed by atoms with Gasteiger partial charge >= 0.3 is 0 Å².